The van der Waals surface area contributed by atoms with E-state index in [1.165, 1.54) is 4.88 Å². The summed E-state index contributed by atoms with van der Waals surface area (Å²) in [6, 6.07) is 5.61. The first-order valence-electron chi connectivity index (χ1n) is 6.89. The van der Waals surface area contributed by atoms with Gasteiger partial charge in [0.2, 0.25) is 0 Å². The third-order valence-corrected chi connectivity index (χ3v) is 4.94. The van der Waals surface area contributed by atoms with Gasteiger partial charge in [-0.3, -0.25) is 0 Å². The lowest BCUT2D eigenvalue weighted by Crippen LogP contribution is -2.16. The van der Waals surface area contributed by atoms with Gasteiger partial charge in [-0.2, -0.15) is 0 Å². The number of benzene rings is 1. The summed E-state index contributed by atoms with van der Waals surface area (Å²) in [7, 11) is 1.96. The molecule has 0 fully saturated rings. The van der Waals surface area contributed by atoms with Gasteiger partial charge >= 0.3 is 0 Å². The molecule has 21 heavy (non-hydrogen) atoms. The van der Waals surface area contributed by atoms with Crippen LogP contribution < -0.4 is 5.32 Å². The van der Waals surface area contributed by atoms with Crippen molar-refractivity contribution in [1.29, 1.82) is 0 Å². The minimum absolute atomic E-state index is 0.0329. The molecule has 0 radical (unpaired) electrons. The normalized spacial score (nSPS) is 11.9. The summed E-state index contributed by atoms with van der Waals surface area (Å²) < 4.78 is 0. The molecule has 1 aromatic heterocycles. The second kappa shape index (κ2) is 6.66. The molecule has 2 aromatic rings. The third-order valence-electron chi connectivity index (χ3n) is 3.18. The average molecular weight is 343 g/mol. The van der Waals surface area contributed by atoms with Crippen LogP contribution in [-0.2, 0) is 18.4 Å². The van der Waals surface area contributed by atoms with E-state index < -0.39 is 0 Å². The van der Waals surface area contributed by atoms with Gasteiger partial charge in [0.05, 0.1) is 10.7 Å². The maximum Gasteiger partial charge on any atom is 0.0976 e. The molecular weight excluding hydrogens is 323 g/mol. The number of nitrogens with zero attached hydrogens (tertiary/aromatic N) is 1. The summed E-state index contributed by atoms with van der Waals surface area (Å²) in [5.74, 6) is 0. The van der Waals surface area contributed by atoms with Crippen LogP contribution >= 0.6 is 34.5 Å². The van der Waals surface area contributed by atoms with E-state index in [1.807, 2.05) is 25.2 Å². The van der Waals surface area contributed by atoms with E-state index in [9.17, 15) is 0 Å². The van der Waals surface area contributed by atoms with E-state index in [4.69, 9.17) is 28.2 Å². The molecule has 0 unspecified atom stereocenters. The Bertz CT molecular complexity index is 609. The lowest BCUT2D eigenvalue weighted by Gasteiger charge is -2.17. The molecular formula is C16H20Cl2N2S. The molecule has 2 nitrogen and oxygen atoms in total. The van der Waals surface area contributed by atoms with Crippen molar-refractivity contribution in [2.24, 2.45) is 0 Å². The zero-order valence-corrected chi connectivity index (χ0v) is 15.1. The number of aromatic nitrogens is 1. The smallest absolute Gasteiger partial charge is 0.0976 e. The van der Waals surface area contributed by atoms with Gasteiger partial charge in [-0.25, -0.2) is 4.98 Å². The van der Waals surface area contributed by atoms with Crippen LogP contribution in [-0.4, -0.2) is 12.0 Å². The Morgan fingerprint density at radius 3 is 2.33 bits per heavy atom. The van der Waals surface area contributed by atoms with Gasteiger partial charge in [-0.1, -0.05) is 50.0 Å². The first kappa shape index (κ1) is 16.8. The van der Waals surface area contributed by atoms with Crippen LogP contribution in [0.15, 0.2) is 18.2 Å². The summed E-state index contributed by atoms with van der Waals surface area (Å²) >= 11 is 14.2. The van der Waals surface area contributed by atoms with Gasteiger partial charge in [0, 0.05) is 33.3 Å². The fraction of sp³-hybridized carbons (Fsp3) is 0.438. The Hall–Kier alpha value is -0.610. The van der Waals surface area contributed by atoms with Crippen molar-refractivity contribution in [2.45, 2.75) is 39.2 Å². The first-order chi connectivity index (χ1) is 9.82. The third kappa shape index (κ3) is 3.98. The van der Waals surface area contributed by atoms with Crippen molar-refractivity contribution in [3.8, 4) is 0 Å². The largest absolute Gasteiger partial charge is 0.315 e. The Balaban J connectivity index is 2.37. The van der Waals surface area contributed by atoms with Crippen molar-refractivity contribution in [3.63, 3.8) is 0 Å². The molecule has 1 heterocycles. The van der Waals surface area contributed by atoms with Gasteiger partial charge in [-0.15, -0.1) is 11.3 Å². The predicted molar refractivity (Wildman–Crippen MR) is 92.8 cm³/mol. The van der Waals surface area contributed by atoms with Gasteiger partial charge in [0.25, 0.3) is 0 Å². The van der Waals surface area contributed by atoms with Crippen LogP contribution in [0.2, 0.25) is 10.0 Å². The first-order valence-corrected chi connectivity index (χ1v) is 8.46. The van der Waals surface area contributed by atoms with Crippen LogP contribution in [0.1, 0.15) is 41.9 Å². The monoisotopic (exact) mass is 342 g/mol. The van der Waals surface area contributed by atoms with Crippen LogP contribution in [0.5, 0.6) is 0 Å². The summed E-state index contributed by atoms with van der Waals surface area (Å²) in [4.78, 5) is 6.12. The van der Waals surface area contributed by atoms with Gasteiger partial charge in [-0.05, 0) is 24.7 Å². The van der Waals surface area contributed by atoms with Crippen molar-refractivity contribution in [1.82, 2.24) is 10.3 Å². The maximum absolute atomic E-state index is 6.26. The molecule has 0 atom stereocenters. The number of rotatable bonds is 4. The number of nitrogens with one attached hydrogen (secondary N) is 1. The highest BCUT2D eigenvalue weighted by Gasteiger charge is 2.23. The van der Waals surface area contributed by atoms with Crippen LogP contribution in [0, 0.1) is 0 Å². The average Bonchev–Trinajstić information content (AvgIpc) is 2.77. The van der Waals surface area contributed by atoms with Crippen molar-refractivity contribution in [2.75, 3.05) is 7.05 Å². The van der Waals surface area contributed by atoms with E-state index in [-0.39, 0.29) is 5.41 Å². The quantitative estimate of drug-likeness (QED) is 0.839. The van der Waals surface area contributed by atoms with Crippen molar-refractivity contribution in [3.05, 3.63) is 49.4 Å². The molecule has 0 spiro atoms. The van der Waals surface area contributed by atoms with E-state index in [2.05, 4.69) is 26.1 Å². The molecule has 0 bridgehead atoms. The summed E-state index contributed by atoms with van der Waals surface area (Å²) in [5, 5.41) is 5.67. The molecule has 1 aromatic carbocycles. The lowest BCUT2D eigenvalue weighted by atomic mass is 9.91. The van der Waals surface area contributed by atoms with E-state index in [0.29, 0.717) is 16.5 Å². The molecule has 0 saturated carbocycles. The van der Waals surface area contributed by atoms with Crippen LogP contribution in [0.3, 0.4) is 0 Å². The zero-order valence-electron chi connectivity index (χ0n) is 12.8. The van der Waals surface area contributed by atoms with Crippen molar-refractivity contribution < 1.29 is 0 Å². The highest BCUT2D eigenvalue weighted by Crippen LogP contribution is 2.33. The molecule has 0 aliphatic rings. The minimum atomic E-state index is 0.0329. The van der Waals surface area contributed by atoms with Gasteiger partial charge in [0.15, 0.2) is 0 Å². The lowest BCUT2D eigenvalue weighted by molar-refractivity contribution is 0.561. The maximum atomic E-state index is 6.26. The Kier molecular flexibility index (Phi) is 5.31. The summed E-state index contributed by atoms with van der Waals surface area (Å²) in [5.41, 5.74) is 2.14. The molecule has 114 valence electrons. The Labute approximate surface area is 140 Å². The number of hydrogen-bond acceptors (Lipinski definition) is 3. The van der Waals surface area contributed by atoms with Crippen LogP contribution in [0.25, 0.3) is 0 Å². The summed E-state index contributed by atoms with van der Waals surface area (Å²) in [6.07, 6.45) is 0.677. The highest BCUT2D eigenvalue weighted by atomic mass is 35.5. The zero-order chi connectivity index (χ0) is 15.6. The molecule has 1 N–H and O–H groups in total. The highest BCUT2D eigenvalue weighted by molar-refractivity contribution is 7.11. The molecule has 2 rings (SSSR count). The fourth-order valence-corrected chi connectivity index (χ4v) is 4.03. The number of halogens is 2. The molecule has 0 aliphatic carbocycles. The van der Waals surface area contributed by atoms with Gasteiger partial charge in [0.1, 0.15) is 0 Å². The summed E-state index contributed by atoms with van der Waals surface area (Å²) in [6.45, 7) is 7.40. The Morgan fingerprint density at radius 2 is 1.81 bits per heavy atom. The number of thiazole rings is 1. The van der Waals surface area contributed by atoms with Crippen LogP contribution in [0.4, 0.5) is 0 Å². The minimum Gasteiger partial charge on any atom is -0.315 e. The van der Waals surface area contributed by atoms with Gasteiger partial charge < -0.3 is 5.32 Å². The molecule has 5 heteroatoms. The fourth-order valence-electron chi connectivity index (χ4n) is 2.19. The molecule has 0 aliphatic heterocycles. The second-order valence-corrected chi connectivity index (χ2v) is 8.02. The molecule has 0 amide bonds. The topological polar surface area (TPSA) is 24.9 Å². The van der Waals surface area contributed by atoms with Crippen molar-refractivity contribution >= 4 is 34.5 Å². The van der Waals surface area contributed by atoms with E-state index >= 15 is 0 Å². The van der Waals surface area contributed by atoms with E-state index in [0.717, 1.165) is 22.8 Å². The van der Waals surface area contributed by atoms with E-state index in [1.54, 1.807) is 11.3 Å². The second-order valence-electron chi connectivity index (χ2n) is 6.04. The SMILES string of the molecule is CNCc1sc(Cc2c(Cl)cccc2Cl)nc1C(C)(C)C. The Morgan fingerprint density at radius 1 is 1.19 bits per heavy atom. The number of hydrogen-bond donors (Lipinski definition) is 1. The molecule has 0 saturated heterocycles. The standard InChI is InChI=1S/C16H20Cl2N2S/c1-16(2,3)15-13(9-19-4)21-14(20-15)8-10-11(17)6-5-7-12(10)18/h5-7,19H,8-9H2,1-4H3. The predicted octanol–water partition coefficient (Wildman–Crippen LogP) is 5.06.